The van der Waals surface area contributed by atoms with E-state index in [1.165, 1.54) is 6.08 Å². The molecule has 0 aliphatic carbocycles. The number of nitrogens with one attached hydrogen (secondary N) is 1. The van der Waals surface area contributed by atoms with Crippen LogP contribution in [0, 0.1) is 0 Å². The molecule has 1 heterocycles. The first-order valence-corrected chi connectivity index (χ1v) is 8.07. The minimum absolute atomic E-state index is 0.182. The quantitative estimate of drug-likeness (QED) is 0.651. The Labute approximate surface area is 150 Å². The van der Waals surface area contributed by atoms with Crippen LogP contribution in [0.5, 0.6) is 0 Å². The number of carbonyl (C=O) groups is 1. The van der Waals surface area contributed by atoms with Crippen molar-refractivity contribution in [1.82, 2.24) is 0 Å². The van der Waals surface area contributed by atoms with Crippen molar-refractivity contribution in [1.29, 1.82) is 0 Å². The standard InChI is InChI=1S/C20H16ClNO3/c21-18-9-7-15(12-17(18)19-10-8-16(13-23)25-19)22-20(24)11-6-14-4-2-1-3-5-14/h1-12,23H,13H2,(H,22,24)/b11-6+. The monoisotopic (exact) mass is 353 g/mol. The Morgan fingerprint density at radius 3 is 2.64 bits per heavy atom. The largest absolute Gasteiger partial charge is 0.459 e. The van der Waals surface area contributed by atoms with E-state index in [4.69, 9.17) is 21.1 Å². The molecule has 4 nitrogen and oxygen atoms in total. The summed E-state index contributed by atoms with van der Waals surface area (Å²) in [6.45, 7) is -0.182. The Morgan fingerprint density at radius 2 is 1.92 bits per heavy atom. The highest BCUT2D eigenvalue weighted by Gasteiger charge is 2.10. The SMILES string of the molecule is O=C(/C=C/c1ccccc1)Nc1ccc(Cl)c(-c2ccc(CO)o2)c1. The maximum absolute atomic E-state index is 12.1. The summed E-state index contributed by atoms with van der Waals surface area (Å²) in [5, 5.41) is 12.4. The molecule has 0 aliphatic heterocycles. The Morgan fingerprint density at radius 1 is 1.12 bits per heavy atom. The van der Waals surface area contributed by atoms with Gasteiger partial charge in [-0.3, -0.25) is 4.79 Å². The Balaban J connectivity index is 1.75. The van der Waals surface area contributed by atoms with Crippen LogP contribution in [0.4, 0.5) is 5.69 Å². The average molecular weight is 354 g/mol. The number of carbonyl (C=O) groups excluding carboxylic acids is 1. The molecule has 0 radical (unpaired) electrons. The van der Waals surface area contributed by atoms with E-state index in [9.17, 15) is 4.79 Å². The second-order valence-corrected chi connectivity index (χ2v) is 5.76. The first-order valence-electron chi connectivity index (χ1n) is 7.69. The molecule has 0 saturated heterocycles. The van der Waals surface area contributed by atoms with E-state index in [2.05, 4.69) is 5.32 Å². The van der Waals surface area contributed by atoms with Crippen LogP contribution in [-0.4, -0.2) is 11.0 Å². The van der Waals surface area contributed by atoms with Gasteiger partial charge in [0.25, 0.3) is 0 Å². The molecule has 0 unspecified atom stereocenters. The van der Waals surface area contributed by atoms with Crippen molar-refractivity contribution in [2.24, 2.45) is 0 Å². The van der Waals surface area contributed by atoms with Crippen LogP contribution in [0.1, 0.15) is 11.3 Å². The highest BCUT2D eigenvalue weighted by atomic mass is 35.5. The van der Waals surface area contributed by atoms with Gasteiger partial charge in [-0.25, -0.2) is 0 Å². The van der Waals surface area contributed by atoms with Gasteiger partial charge in [-0.15, -0.1) is 0 Å². The zero-order valence-corrected chi connectivity index (χ0v) is 14.0. The molecule has 0 atom stereocenters. The van der Waals surface area contributed by atoms with Crippen molar-refractivity contribution in [2.75, 3.05) is 5.32 Å². The molecule has 0 fully saturated rings. The fourth-order valence-corrected chi connectivity index (χ4v) is 2.53. The smallest absolute Gasteiger partial charge is 0.248 e. The number of rotatable bonds is 5. The maximum atomic E-state index is 12.1. The number of aliphatic hydroxyl groups excluding tert-OH is 1. The van der Waals surface area contributed by atoms with E-state index < -0.39 is 0 Å². The molecule has 0 saturated carbocycles. The van der Waals surface area contributed by atoms with Gasteiger partial charge in [0.1, 0.15) is 18.1 Å². The minimum atomic E-state index is -0.243. The first-order chi connectivity index (χ1) is 12.2. The maximum Gasteiger partial charge on any atom is 0.248 e. The zero-order chi connectivity index (χ0) is 17.6. The van der Waals surface area contributed by atoms with E-state index in [-0.39, 0.29) is 12.5 Å². The summed E-state index contributed by atoms with van der Waals surface area (Å²) in [5.41, 5.74) is 2.19. The topological polar surface area (TPSA) is 62.5 Å². The molecule has 1 aromatic heterocycles. The lowest BCUT2D eigenvalue weighted by Gasteiger charge is -2.06. The highest BCUT2D eigenvalue weighted by Crippen LogP contribution is 2.32. The molecular weight excluding hydrogens is 338 g/mol. The van der Waals surface area contributed by atoms with Gasteiger partial charge in [0, 0.05) is 17.3 Å². The normalized spacial score (nSPS) is 11.0. The number of benzene rings is 2. The molecule has 2 aromatic carbocycles. The van der Waals surface area contributed by atoms with Crippen molar-refractivity contribution < 1.29 is 14.3 Å². The molecule has 0 aliphatic rings. The van der Waals surface area contributed by atoms with Crippen LogP contribution in [0.3, 0.4) is 0 Å². The minimum Gasteiger partial charge on any atom is -0.459 e. The third kappa shape index (κ3) is 4.38. The summed E-state index contributed by atoms with van der Waals surface area (Å²) in [4.78, 5) is 12.1. The Hall–Kier alpha value is -2.82. The van der Waals surface area contributed by atoms with E-state index in [1.807, 2.05) is 30.3 Å². The zero-order valence-electron chi connectivity index (χ0n) is 13.3. The number of anilines is 1. The summed E-state index contributed by atoms with van der Waals surface area (Å²) in [7, 11) is 0. The molecule has 3 aromatic rings. The van der Waals surface area contributed by atoms with Gasteiger partial charge < -0.3 is 14.8 Å². The van der Waals surface area contributed by atoms with E-state index in [0.717, 1.165) is 5.56 Å². The van der Waals surface area contributed by atoms with Crippen LogP contribution in [-0.2, 0) is 11.4 Å². The number of furan rings is 1. The molecule has 126 valence electrons. The summed E-state index contributed by atoms with van der Waals surface area (Å²) >= 11 is 6.21. The highest BCUT2D eigenvalue weighted by molar-refractivity contribution is 6.33. The van der Waals surface area contributed by atoms with Crippen molar-refractivity contribution in [2.45, 2.75) is 6.61 Å². The fraction of sp³-hybridized carbons (Fsp3) is 0.0500. The predicted octanol–water partition coefficient (Wildman–Crippen LogP) is 4.74. The van der Waals surface area contributed by atoms with Crippen LogP contribution >= 0.6 is 11.6 Å². The predicted molar refractivity (Wildman–Crippen MR) is 99.2 cm³/mol. The summed E-state index contributed by atoms with van der Waals surface area (Å²) in [6.07, 6.45) is 3.21. The lowest BCUT2D eigenvalue weighted by Crippen LogP contribution is -2.07. The van der Waals surface area contributed by atoms with Crippen LogP contribution in [0.15, 0.2) is 71.2 Å². The van der Waals surface area contributed by atoms with Crippen LogP contribution in [0.25, 0.3) is 17.4 Å². The van der Waals surface area contributed by atoms with Gasteiger partial charge in [-0.1, -0.05) is 41.9 Å². The lowest BCUT2D eigenvalue weighted by molar-refractivity contribution is -0.111. The number of halogens is 1. The third-order valence-corrected chi connectivity index (χ3v) is 3.87. The molecule has 25 heavy (non-hydrogen) atoms. The van der Waals surface area contributed by atoms with Crippen molar-refractivity contribution in [3.63, 3.8) is 0 Å². The van der Waals surface area contributed by atoms with Crippen LogP contribution in [0.2, 0.25) is 5.02 Å². The molecule has 5 heteroatoms. The van der Waals surface area contributed by atoms with E-state index in [0.29, 0.717) is 27.8 Å². The van der Waals surface area contributed by atoms with Crippen molar-refractivity contribution in [3.8, 4) is 11.3 Å². The van der Waals surface area contributed by atoms with E-state index in [1.54, 1.807) is 36.4 Å². The number of hydrogen-bond donors (Lipinski definition) is 2. The second-order valence-electron chi connectivity index (χ2n) is 5.35. The Bertz CT molecular complexity index is 900. The number of amides is 1. The molecular formula is C20H16ClNO3. The summed E-state index contributed by atoms with van der Waals surface area (Å²) < 4.78 is 5.50. The van der Waals surface area contributed by atoms with Gasteiger partial charge in [0.2, 0.25) is 5.91 Å². The van der Waals surface area contributed by atoms with Gasteiger partial charge in [0.05, 0.1) is 5.02 Å². The molecule has 1 amide bonds. The van der Waals surface area contributed by atoms with Crippen molar-refractivity contribution >= 4 is 29.3 Å². The van der Waals surface area contributed by atoms with E-state index >= 15 is 0 Å². The van der Waals surface area contributed by atoms with Gasteiger partial charge in [-0.05, 0) is 42.0 Å². The van der Waals surface area contributed by atoms with Gasteiger partial charge >= 0.3 is 0 Å². The third-order valence-electron chi connectivity index (χ3n) is 3.54. The summed E-state index contributed by atoms with van der Waals surface area (Å²) in [5.74, 6) is 0.740. The second kappa shape index (κ2) is 7.83. The van der Waals surface area contributed by atoms with Crippen LogP contribution < -0.4 is 5.32 Å². The summed E-state index contributed by atoms with van der Waals surface area (Å²) in [6, 6.07) is 18.1. The average Bonchev–Trinajstić information content (AvgIpc) is 3.11. The van der Waals surface area contributed by atoms with Crippen molar-refractivity contribution in [3.05, 3.63) is 83.1 Å². The molecule has 0 bridgehead atoms. The molecule has 2 N–H and O–H groups in total. The number of aliphatic hydroxyl groups is 1. The fourth-order valence-electron chi connectivity index (χ4n) is 2.32. The molecule has 3 rings (SSSR count). The molecule has 0 spiro atoms. The van der Waals surface area contributed by atoms with Gasteiger partial charge in [-0.2, -0.15) is 0 Å². The first kappa shape index (κ1) is 17.0. The van der Waals surface area contributed by atoms with Gasteiger partial charge in [0.15, 0.2) is 0 Å². The lowest BCUT2D eigenvalue weighted by atomic mass is 10.1. The Kier molecular flexibility index (Phi) is 5.33. The number of hydrogen-bond acceptors (Lipinski definition) is 3.